The van der Waals surface area contributed by atoms with Crippen molar-refractivity contribution in [2.24, 2.45) is 0 Å². The summed E-state index contributed by atoms with van der Waals surface area (Å²) in [6.07, 6.45) is 2.42. The number of aromatic nitrogens is 3. The van der Waals surface area contributed by atoms with E-state index >= 15 is 0 Å². The third kappa shape index (κ3) is 1.13. The van der Waals surface area contributed by atoms with Crippen LogP contribution in [0, 0.1) is 0 Å². The number of hydrogen-bond donors (Lipinski definition) is 1. The van der Waals surface area contributed by atoms with E-state index in [1.807, 2.05) is 0 Å². The van der Waals surface area contributed by atoms with Crippen molar-refractivity contribution >= 4 is 11.6 Å². The highest BCUT2D eigenvalue weighted by Crippen LogP contribution is 1.94. The third-order valence-electron chi connectivity index (χ3n) is 1.71. The lowest BCUT2D eigenvalue weighted by Crippen LogP contribution is -2.24. The summed E-state index contributed by atoms with van der Waals surface area (Å²) in [5, 5.41) is 12.3. The molecular weight excluding hydrogens is 186 g/mol. The molecule has 70 valence electrons. The molecule has 2 aromatic rings. The molecule has 0 aliphatic heterocycles. The molecule has 0 saturated carbocycles. The van der Waals surface area contributed by atoms with Crippen molar-refractivity contribution in [2.45, 2.75) is 0 Å². The minimum atomic E-state index is -1.30. The van der Waals surface area contributed by atoms with Gasteiger partial charge in [0.05, 0.1) is 0 Å². The highest BCUT2D eigenvalue weighted by atomic mass is 16.4. The normalized spacial score (nSPS) is 10.3. The van der Waals surface area contributed by atoms with Crippen molar-refractivity contribution in [1.82, 2.24) is 14.6 Å². The number of rotatable bonds is 1. The van der Waals surface area contributed by atoms with Gasteiger partial charge in [0.15, 0.2) is 5.65 Å². The highest BCUT2D eigenvalue weighted by Gasteiger charge is 2.11. The summed E-state index contributed by atoms with van der Waals surface area (Å²) in [6.45, 7) is 0. The number of nitrogens with zero attached hydrogens (tertiary/aromatic N) is 3. The van der Waals surface area contributed by atoms with Crippen molar-refractivity contribution in [3.63, 3.8) is 0 Å². The third-order valence-corrected chi connectivity index (χ3v) is 1.71. The maximum atomic E-state index is 11.4. The Kier molecular flexibility index (Phi) is 1.74. The van der Waals surface area contributed by atoms with E-state index in [4.69, 9.17) is 5.11 Å². The van der Waals surface area contributed by atoms with Gasteiger partial charge in [0, 0.05) is 12.4 Å². The molecule has 14 heavy (non-hydrogen) atoms. The van der Waals surface area contributed by atoms with Gasteiger partial charge < -0.3 is 5.11 Å². The van der Waals surface area contributed by atoms with Gasteiger partial charge in [0.25, 0.3) is 5.56 Å². The first-order valence-corrected chi connectivity index (χ1v) is 3.76. The topological polar surface area (TPSA) is 84.6 Å². The molecule has 0 unspecified atom stereocenters. The monoisotopic (exact) mass is 191 g/mol. The summed E-state index contributed by atoms with van der Waals surface area (Å²) < 4.78 is 0.948. The summed E-state index contributed by atoms with van der Waals surface area (Å²) in [4.78, 5) is 25.8. The summed E-state index contributed by atoms with van der Waals surface area (Å²) in [5.74, 6) is -1.30. The molecule has 0 radical (unpaired) electrons. The Labute approximate surface area is 77.5 Å². The van der Waals surface area contributed by atoms with E-state index in [-0.39, 0.29) is 5.56 Å². The lowest BCUT2D eigenvalue weighted by atomic mass is 10.3. The van der Waals surface area contributed by atoms with Gasteiger partial charge in [-0.1, -0.05) is 0 Å². The second-order valence-corrected chi connectivity index (χ2v) is 2.58. The predicted molar refractivity (Wildman–Crippen MR) is 46.2 cm³/mol. The summed E-state index contributed by atoms with van der Waals surface area (Å²) in [7, 11) is 0. The molecule has 2 aromatic heterocycles. The zero-order chi connectivity index (χ0) is 10.1. The molecule has 2 heterocycles. The fourth-order valence-corrected chi connectivity index (χ4v) is 1.06. The summed E-state index contributed by atoms with van der Waals surface area (Å²) >= 11 is 0. The molecule has 0 amide bonds. The first kappa shape index (κ1) is 8.36. The number of hydrogen-bond acceptors (Lipinski definition) is 4. The average molecular weight is 191 g/mol. The Morgan fingerprint density at radius 1 is 1.50 bits per heavy atom. The minimum absolute atomic E-state index is 0.322. The lowest BCUT2D eigenvalue weighted by molar-refractivity contribution is 0.0694. The number of carbonyl (C=O) groups is 1. The second-order valence-electron chi connectivity index (χ2n) is 2.58. The standard InChI is InChI=1S/C8H5N3O3/c12-7-5(8(13)14)4-9-6-2-1-3-10-11(6)7/h1-4H,(H,13,14). The van der Waals surface area contributed by atoms with Gasteiger partial charge in [-0.25, -0.2) is 9.78 Å². The van der Waals surface area contributed by atoms with Crippen LogP contribution in [0.4, 0.5) is 0 Å². The van der Waals surface area contributed by atoms with Crippen molar-refractivity contribution in [1.29, 1.82) is 0 Å². The van der Waals surface area contributed by atoms with Crippen molar-refractivity contribution < 1.29 is 9.90 Å². The molecule has 0 aliphatic rings. The molecule has 0 aliphatic carbocycles. The molecule has 0 fully saturated rings. The van der Waals surface area contributed by atoms with Crippen molar-refractivity contribution in [2.75, 3.05) is 0 Å². The first-order chi connectivity index (χ1) is 6.70. The summed E-state index contributed by atoms with van der Waals surface area (Å²) in [6, 6.07) is 3.18. The van der Waals surface area contributed by atoms with Gasteiger partial charge in [0.2, 0.25) is 0 Å². The van der Waals surface area contributed by atoms with Gasteiger partial charge in [-0.3, -0.25) is 4.79 Å². The van der Waals surface area contributed by atoms with Crippen LogP contribution in [-0.4, -0.2) is 25.7 Å². The smallest absolute Gasteiger partial charge is 0.343 e. The van der Waals surface area contributed by atoms with E-state index in [9.17, 15) is 9.59 Å². The van der Waals surface area contributed by atoms with E-state index in [1.165, 1.54) is 6.20 Å². The Bertz CT molecular complexity index is 561. The molecule has 6 nitrogen and oxygen atoms in total. The first-order valence-electron chi connectivity index (χ1n) is 3.76. The van der Waals surface area contributed by atoms with E-state index < -0.39 is 11.5 Å². The quantitative estimate of drug-likeness (QED) is 0.674. The van der Waals surface area contributed by atoms with E-state index in [1.54, 1.807) is 12.1 Å². The Morgan fingerprint density at radius 2 is 2.29 bits per heavy atom. The van der Waals surface area contributed by atoms with Gasteiger partial charge in [-0.05, 0) is 12.1 Å². The Balaban J connectivity index is 2.89. The van der Waals surface area contributed by atoms with Gasteiger partial charge >= 0.3 is 5.97 Å². The number of carboxylic acids is 1. The predicted octanol–water partition coefficient (Wildman–Crippen LogP) is -0.212. The summed E-state index contributed by atoms with van der Waals surface area (Å²) in [5.41, 5.74) is -0.744. The number of carboxylic acid groups (broad SMARTS) is 1. The van der Waals surface area contributed by atoms with E-state index in [0.29, 0.717) is 5.65 Å². The number of fused-ring (bicyclic) bond motifs is 1. The largest absolute Gasteiger partial charge is 0.477 e. The SMILES string of the molecule is O=C(O)c1cnc2cccnn2c1=O. The van der Waals surface area contributed by atoms with Crippen LogP contribution in [0.15, 0.2) is 29.3 Å². The van der Waals surface area contributed by atoms with Crippen LogP contribution in [-0.2, 0) is 0 Å². The van der Waals surface area contributed by atoms with Crippen LogP contribution in [0.2, 0.25) is 0 Å². The molecule has 0 aromatic carbocycles. The zero-order valence-electron chi connectivity index (χ0n) is 6.91. The van der Waals surface area contributed by atoms with Crippen molar-refractivity contribution in [3.8, 4) is 0 Å². The minimum Gasteiger partial charge on any atom is -0.477 e. The van der Waals surface area contributed by atoms with Crippen LogP contribution >= 0.6 is 0 Å². The van der Waals surface area contributed by atoms with Crippen LogP contribution < -0.4 is 5.56 Å². The molecule has 0 atom stereocenters. The number of aromatic carboxylic acids is 1. The average Bonchev–Trinajstić information content (AvgIpc) is 2.18. The van der Waals surface area contributed by atoms with Crippen molar-refractivity contribution in [3.05, 3.63) is 40.4 Å². The molecule has 2 rings (SSSR count). The van der Waals surface area contributed by atoms with Gasteiger partial charge in [-0.2, -0.15) is 9.61 Å². The maximum absolute atomic E-state index is 11.4. The Morgan fingerprint density at radius 3 is 3.00 bits per heavy atom. The molecule has 0 saturated heterocycles. The van der Waals surface area contributed by atoms with Gasteiger partial charge in [-0.15, -0.1) is 0 Å². The van der Waals surface area contributed by atoms with E-state index in [0.717, 1.165) is 10.7 Å². The van der Waals surface area contributed by atoms with Crippen LogP contribution in [0.3, 0.4) is 0 Å². The molecule has 0 spiro atoms. The molecule has 1 N–H and O–H groups in total. The second kappa shape index (κ2) is 2.91. The van der Waals surface area contributed by atoms with Crippen LogP contribution in [0.25, 0.3) is 5.65 Å². The molecular formula is C8H5N3O3. The highest BCUT2D eigenvalue weighted by molar-refractivity contribution is 5.86. The maximum Gasteiger partial charge on any atom is 0.343 e. The Hall–Kier alpha value is -2.24. The lowest BCUT2D eigenvalue weighted by Gasteiger charge is -1.97. The molecule has 0 bridgehead atoms. The van der Waals surface area contributed by atoms with Crippen LogP contribution in [0.1, 0.15) is 10.4 Å². The molecule has 6 heteroatoms. The van der Waals surface area contributed by atoms with E-state index in [2.05, 4.69) is 10.1 Å². The zero-order valence-corrected chi connectivity index (χ0v) is 6.91. The fourth-order valence-electron chi connectivity index (χ4n) is 1.06. The van der Waals surface area contributed by atoms with Gasteiger partial charge in [0.1, 0.15) is 5.56 Å². The van der Waals surface area contributed by atoms with Crippen LogP contribution in [0.5, 0.6) is 0 Å². The fraction of sp³-hybridized carbons (Fsp3) is 0.